The summed E-state index contributed by atoms with van der Waals surface area (Å²) in [6.07, 6.45) is 4.47. The van der Waals surface area contributed by atoms with E-state index in [1.165, 1.54) is 12.2 Å². The van der Waals surface area contributed by atoms with E-state index in [1.54, 1.807) is 20.8 Å². The molecule has 6 heteroatoms. The first-order valence-electron chi connectivity index (χ1n) is 5.09. The van der Waals surface area contributed by atoms with Gasteiger partial charge in [0.25, 0.3) is 0 Å². The van der Waals surface area contributed by atoms with Crippen molar-refractivity contribution in [2.45, 2.75) is 32.2 Å². The molecule has 0 aromatic heterocycles. The van der Waals surface area contributed by atoms with E-state index in [4.69, 9.17) is 4.74 Å². The number of ether oxygens (including phenoxy) is 1. The van der Waals surface area contributed by atoms with Gasteiger partial charge < -0.3 is 4.74 Å². The van der Waals surface area contributed by atoms with Crippen molar-refractivity contribution in [1.82, 2.24) is 0 Å². The SMILES string of the molecule is CC(C)(C)OC(=O)C1C=CC=CC1(F)[N+](=O)[O-]. The second kappa shape index (κ2) is 4.27. The summed E-state index contributed by atoms with van der Waals surface area (Å²) in [5.41, 5.74) is -0.816. The Morgan fingerprint density at radius 3 is 2.53 bits per heavy atom. The van der Waals surface area contributed by atoms with Crippen LogP contribution >= 0.6 is 0 Å². The Bertz CT molecular complexity index is 397. The third-order valence-electron chi connectivity index (χ3n) is 2.12. The van der Waals surface area contributed by atoms with Crippen LogP contribution in [0.3, 0.4) is 0 Å². The van der Waals surface area contributed by atoms with Crippen LogP contribution in [0.2, 0.25) is 0 Å². The molecule has 1 aliphatic rings. The van der Waals surface area contributed by atoms with Gasteiger partial charge in [-0.05, 0) is 20.8 Å². The van der Waals surface area contributed by atoms with E-state index >= 15 is 0 Å². The summed E-state index contributed by atoms with van der Waals surface area (Å²) in [6.45, 7) is 4.83. The lowest BCUT2D eigenvalue weighted by molar-refractivity contribution is -0.595. The number of allylic oxidation sites excluding steroid dienone is 2. The van der Waals surface area contributed by atoms with Crippen molar-refractivity contribution in [2.24, 2.45) is 5.92 Å². The van der Waals surface area contributed by atoms with Gasteiger partial charge >= 0.3 is 11.8 Å². The molecule has 2 atom stereocenters. The number of halogens is 1. The number of hydrogen-bond acceptors (Lipinski definition) is 4. The molecule has 0 saturated heterocycles. The zero-order chi connectivity index (χ0) is 13.3. The molecule has 1 rings (SSSR count). The van der Waals surface area contributed by atoms with Crippen molar-refractivity contribution in [3.05, 3.63) is 34.4 Å². The van der Waals surface area contributed by atoms with E-state index in [0.717, 1.165) is 12.2 Å². The molecule has 0 heterocycles. The van der Waals surface area contributed by atoms with Crippen molar-refractivity contribution in [3.63, 3.8) is 0 Å². The fourth-order valence-electron chi connectivity index (χ4n) is 1.39. The number of esters is 1. The number of carbonyl (C=O) groups excluding carboxylic acids is 1. The summed E-state index contributed by atoms with van der Waals surface area (Å²) in [6, 6.07) is 0. The van der Waals surface area contributed by atoms with Gasteiger partial charge in [-0.3, -0.25) is 14.9 Å². The van der Waals surface area contributed by atoms with Crippen LogP contribution in [0.4, 0.5) is 4.39 Å². The van der Waals surface area contributed by atoms with E-state index < -0.39 is 28.2 Å². The summed E-state index contributed by atoms with van der Waals surface area (Å²) in [5.74, 6) is -5.43. The Labute approximate surface area is 98.1 Å². The van der Waals surface area contributed by atoms with Gasteiger partial charge in [-0.2, -0.15) is 4.39 Å². The maximum atomic E-state index is 14.0. The highest BCUT2D eigenvalue weighted by molar-refractivity contribution is 5.77. The molecule has 0 N–H and O–H groups in total. The third kappa shape index (κ3) is 2.89. The molecule has 0 saturated carbocycles. The molecule has 0 radical (unpaired) electrons. The lowest BCUT2D eigenvalue weighted by atomic mass is 9.93. The Kier molecular flexibility index (Phi) is 3.35. The molecular weight excluding hydrogens is 229 g/mol. The minimum atomic E-state index is -2.93. The molecule has 17 heavy (non-hydrogen) atoms. The Morgan fingerprint density at radius 2 is 2.06 bits per heavy atom. The van der Waals surface area contributed by atoms with Crippen LogP contribution in [0.25, 0.3) is 0 Å². The highest BCUT2D eigenvalue weighted by atomic mass is 19.1. The Hall–Kier alpha value is -1.72. The molecule has 0 fully saturated rings. The van der Waals surface area contributed by atoms with E-state index in [9.17, 15) is 19.3 Å². The Balaban J connectivity index is 2.96. The van der Waals surface area contributed by atoms with Gasteiger partial charge in [0, 0.05) is 6.08 Å². The van der Waals surface area contributed by atoms with Crippen LogP contribution in [0, 0.1) is 16.0 Å². The molecular formula is C11H14FNO4. The number of hydrogen-bond donors (Lipinski definition) is 0. The zero-order valence-corrected chi connectivity index (χ0v) is 9.84. The van der Waals surface area contributed by atoms with Gasteiger partial charge in [0.1, 0.15) is 5.60 Å². The fraction of sp³-hybridized carbons (Fsp3) is 0.545. The first-order valence-corrected chi connectivity index (χ1v) is 5.09. The van der Waals surface area contributed by atoms with Crippen LogP contribution in [-0.4, -0.2) is 22.3 Å². The molecule has 0 aromatic rings. The highest BCUT2D eigenvalue weighted by Gasteiger charge is 2.54. The summed E-state index contributed by atoms with van der Waals surface area (Å²) >= 11 is 0. The average Bonchev–Trinajstić information content (AvgIpc) is 2.15. The summed E-state index contributed by atoms with van der Waals surface area (Å²) < 4.78 is 19.0. The molecule has 2 unspecified atom stereocenters. The quantitative estimate of drug-likeness (QED) is 0.322. The monoisotopic (exact) mass is 243 g/mol. The average molecular weight is 243 g/mol. The van der Waals surface area contributed by atoms with Gasteiger partial charge in [-0.25, -0.2) is 0 Å². The first kappa shape index (κ1) is 13.3. The van der Waals surface area contributed by atoms with Gasteiger partial charge in [0.2, 0.25) is 0 Å². The van der Waals surface area contributed by atoms with Gasteiger partial charge in [-0.15, -0.1) is 0 Å². The molecule has 0 aliphatic heterocycles. The van der Waals surface area contributed by atoms with Crippen molar-refractivity contribution in [2.75, 3.05) is 0 Å². The number of rotatable bonds is 2. The number of nitrogens with zero attached hydrogens (tertiary/aromatic N) is 1. The van der Waals surface area contributed by atoms with Crippen molar-refractivity contribution < 1.29 is 18.8 Å². The first-order chi connectivity index (χ1) is 7.67. The summed E-state index contributed by atoms with van der Waals surface area (Å²) in [5, 5.41) is 10.7. The number of carbonyl (C=O) groups is 1. The molecule has 94 valence electrons. The maximum Gasteiger partial charge on any atom is 0.394 e. The van der Waals surface area contributed by atoms with E-state index in [1.807, 2.05) is 0 Å². The molecule has 0 amide bonds. The molecule has 0 spiro atoms. The third-order valence-corrected chi connectivity index (χ3v) is 2.12. The van der Waals surface area contributed by atoms with Crippen LogP contribution in [0.15, 0.2) is 24.3 Å². The fourth-order valence-corrected chi connectivity index (χ4v) is 1.39. The lowest BCUT2D eigenvalue weighted by Gasteiger charge is -2.26. The molecule has 0 aromatic carbocycles. The topological polar surface area (TPSA) is 69.4 Å². The normalized spacial score (nSPS) is 27.9. The van der Waals surface area contributed by atoms with E-state index in [-0.39, 0.29) is 0 Å². The molecule has 1 aliphatic carbocycles. The largest absolute Gasteiger partial charge is 0.459 e. The maximum absolute atomic E-state index is 14.0. The van der Waals surface area contributed by atoms with Crippen LogP contribution in [0.5, 0.6) is 0 Å². The van der Waals surface area contributed by atoms with Gasteiger partial charge in [0.05, 0.1) is 4.92 Å². The smallest absolute Gasteiger partial charge is 0.394 e. The van der Waals surface area contributed by atoms with Gasteiger partial charge in [0.15, 0.2) is 5.92 Å². The van der Waals surface area contributed by atoms with Gasteiger partial charge in [-0.1, -0.05) is 18.2 Å². The predicted molar refractivity (Wildman–Crippen MR) is 58.4 cm³/mol. The minimum absolute atomic E-state index is 0.752. The van der Waals surface area contributed by atoms with Crippen LogP contribution < -0.4 is 0 Å². The highest BCUT2D eigenvalue weighted by Crippen LogP contribution is 2.31. The van der Waals surface area contributed by atoms with Crippen LogP contribution in [0.1, 0.15) is 20.8 Å². The minimum Gasteiger partial charge on any atom is -0.459 e. The van der Waals surface area contributed by atoms with E-state index in [2.05, 4.69) is 0 Å². The van der Waals surface area contributed by atoms with Crippen molar-refractivity contribution in [3.8, 4) is 0 Å². The Morgan fingerprint density at radius 1 is 1.47 bits per heavy atom. The predicted octanol–water partition coefficient (Wildman–Crippen LogP) is 2.01. The lowest BCUT2D eigenvalue weighted by Crippen LogP contribution is -2.45. The van der Waals surface area contributed by atoms with Crippen molar-refractivity contribution in [1.29, 1.82) is 0 Å². The van der Waals surface area contributed by atoms with E-state index in [0.29, 0.717) is 0 Å². The molecule has 0 bridgehead atoms. The summed E-state index contributed by atoms with van der Waals surface area (Å²) in [4.78, 5) is 21.3. The number of nitro groups is 1. The molecule has 5 nitrogen and oxygen atoms in total. The standard InChI is InChI=1S/C11H14FNO4/c1-10(2,3)17-9(14)8-6-4-5-7-11(8,12)13(15)16/h4-8H,1-3H3. The second-order valence-electron chi connectivity index (χ2n) is 4.74. The number of alkyl halides is 1. The second-order valence-corrected chi connectivity index (χ2v) is 4.74. The zero-order valence-electron chi connectivity index (χ0n) is 9.84. The van der Waals surface area contributed by atoms with Crippen molar-refractivity contribution >= 4 is 5.97 Å². The summed E-state index contributed by atoms with van der Waals surface area (Å²) in [7, 11) is 0. The van der Waals surface area contributed by atoms with Crippen LogP contribution in [-0.2, 0) is 9.53 Å².